The summed E-state index contributed by atoms with van der Waals surface area (Å²) in [6, 6.07) is 11.2. The number of nitrogens with one attached hydrogen (secondary N) is 1. The molecule has 0 saturated carbocycles. The van der Waals surface area contributed by atoms with E-state index in [9.17, 15) is 4.79 Å². The zero-order valence-electron chi connectivity index (χ0n) is 13.8. The van der Waals surface area contributed by atoms with Crippen LogP contribution in [-0.4, -0.2) is 22.0 Å². The van der Waals surface area contributed by atoms with Crippen molar-refractivity contribution < 1.29 is 9.53 Å². The van der Waals surface area contributed by atoms with Crippen molar-refractivity contribution in [3.8, 4) is 5.88 Å². The number of benzene rings is 1. The first kappa shape index (κ1) is 16.4. The fraction of sp³-hybridized carbons (Fsp3) is 0.278. The lowest BCUT2D eigenvalue weighted by molar-refractivity contribution is 0.100. The van der Waals surface area contributed by atoms with Crippen molar-refractivity contribution in [1.82, 2.24) is 9.97 Å². The molecule has 0 saturated heterocycles. The smallest absolute Gasteiger partial charge is 0.280 e. The van der Waals surface area contributed by atoms with E-state index in [4.69, 9.17) is 4.74 Å². The molecule has 0 aliphatic rings. The predicted molar refractivity (Wildman–Crippen MR) is 96.7 cm³/mol. The average Bonchev–Trinajstić information content (AvgIpc) is 3.07. The van der Waals surface area contributed by atoms with Crippen molar-refractivity contribution >= 4 is 33.3 Å². The second-order valence-corrected chi connectivity index (χ2v) is 6.81. The van der Waals surface area contributed by atoms with Crippen LogP contribution in [0.3, 0.4) is 0 Å². The van der Waals surface area contributed by atoms with E-state index in [1.54, 1.807) is 0 Å². The van der Waals surface area contributed by atoms with Crippen molar-refractivity contribution in [2.75, 3.05) is 5.32 Å². The molecule has 1 amide bonds. The largest absolute Gasteiger partial charge is 0.473 e. The summed E-state index contributed by atoms with van der Waals surface area (Å²) in [7, 11) is 0. The lowest BCUT2D eigenvalue weighted by Crippen LogP contribution is -2.23. The van der Waals surface area contributed by atoms with E-state index in [0.717, 1.165) is 5.00 Å². The molecule has 0 aliphatic carbocycles. The van der Waals surface area contributed by atoms with E-state index in [1.165, 1.54) is 11.3 Å². The number of rotatable bonds is 5. The minimum absolute atomic E-state index is 0.0752. The lowest BCUT2D eigenvalue weighted by atomic mass is 10.1. The van der Waals surface area contributed by atoms with Gasteiger partial charge in [0, 0.05) is 0 Å². The van der Waals surface area contributed by atoms with Gasteiger partial charge in [-0.05, 0) is 42.5 Å². The number of anilines is 1. The van der Waals surface area contributed by atoms with Crippen molar-refractivity contribution in [2.24, 2.45) is 5.92 Å². The van der Waals surface area contributed by atoms with Crippen molar-refractivity contribution in [1.29, 1.82) is 0 Å². The van der Waals surface area contributed by atoms with E-state index in [2.05, 4.69) is 29.1 Å². The molecule has 1 N–H and O–H groups in total. The molecule has 1 aromatic carbocycles. The topological polar surface area (TPSA) is 64.1 Å². The number of para-hydroxylation sites is 2. The summed E-state index contributed by atoms with van der Waals surface area (Å²) in [5.74, 6) is 0.247. The second-order valence-electron chi connectivity index (χ2n) is 5.86. The number of thiophene rings is 1. The number of fused-ring (bicyclic) bond motifs is 1. The van der Waals surface area contributed by atoms with Gasteiger partial charge in [-0.1, -0.05) is 26.0 Å². The standard InChI is InChI=1S/C18H19N3O2S/c1-11(2)12(3)23-18-16(17(22)21-15-9-6-10-24-15)19-13-7-4-5-8-14(13)20-18/h4-12H,1-3H3,(H,21,22). The van der Waals surface area contributed by atoms with Crippen LogP contribution in [0, 0.1) is 5.92 Å². The van der Waals surface area contributed by atoms with E-state index >= 15 is 0 Å². The molecule has 0 spiro atoms. The fourth-order valence-electron chi connectivity index (χ4n) is 2.05. The van der Waals surface area contributed by atoms with Gasteiger partial charge >= 0.3 is 0 Å². The molecule has 0 radical (unpaired) electrons. The van der Waals surface area contributed by atoms with Gasteiger partial charge in [0.2, 0.25) is 5.88 Å². The summed E-state index contributed by atoms with van der Waals surface area (Å²) in [6.45, 7) is 6.08. The van der Waals surface area contributed by atoms with Crippen LogP contribution in [0.5, 0.6) is 5.88 Å². The number of carbonyl (C=O) groups is 1. The molecule has 3 rings (SSSR count). The highest BCUT2D eigenvalue weighted by atomic mass is 32.1. The number of hydrogen-bond acceptors (Lipinski definition) is 5. The van der Waals surface area contributed by atoms with Gasteiger partial charge in [-0.3, -0.25) is 4.79 Å². The van der Waals surface area contributed by atoms with E-state index < -0.39 is 0 Å². The molecule has 5 nitrogen and oxygen atoms in total. The first-order valence-electron chi connectivity index (χ1n) is 7.83. The molecule has 3 aromatic rings. The van der Waals surface area contributed by atoms with Crippen LogP contribution in [0.2, 0.25) is 0 Å². The van der Waals surface area contributed by atoms with Crippen molar-refractivity contribution in [2.45, 2.75) is 26.9 Å². The number of amides is 1. The highest BCUT2D eigenvalue weighted by molar-refractivity contribution is 7.14. The van der Waals surface area contributed by atoms with Crippen molar-refractivity contribution in [3.63, 3.8) is 0 Å². The van der Waals surface area contributed by atoms with Gasteiger partial charge in [0.05, 0.1) is 16.0 Å². The highest BCUT2D eigenvalue weighted by Gasteiger charge is 2.21. The molecule has 2 heterocycles. The Bertz CT molecular complexity index is 847. The highest BCUT2D eigenvalue weighted by Crippen LogP contribution is 2.23. The molecule has 1 unspecified atom stereocenters. The minimum atomic E-state index is -0.318. The summed E-state index contributed by atoms with van der Waals surface area (Å²) in [5.41, 5.74) is 1.57. The maximum absolute atomic E-state index is 12.6. The second kappa shape index (κ2) is 6.97. The van der Waals surface area contributed by atoms with E-state index in [-0.39, 0.29) is 23.6 Å². The van der Waals surface area contributed by atoms with Gasteiger partial charge in [0.25, 0.3) is 5.91 Å². The first-order chi connectivity index (χ1) is 11.5. The zero-order valence-corrected chi connectivity index (χ0v) is 14.6. The Labute approximate surface area is 144 Å². The summed E-state index contributed by atoms with van der Waals surface area (Å²) in [4.78, 5) is 21.6. The third-order valence-electron chi connectivity index (χ3n) is 3.75. The van der Waals surface area contributed by atoms with Crippen LogP contribution in [0.4, 0.5) is 5.00 Å². The first-order valence-corrected chi connectivity index (χ1v) is 8.71. The van der Waals surface area contributed by atoms with Gasteiger partial charge in [-0.2, -0.15) is 0 Å². The monoisotopic (exact) mass is 341 g/mol. The molecule has 1 atom stereocenters. The number of nitrogens with zero attached hydrogens (tertiary/aromatic N) is 2. The SMILES string of the molecule is CC(C)C(C)Oc1nc2ccccc2nc1C(=O)Nc1cccs1. The minimum Gasteiger partial charge on any atom is -0.473 e. The van der Waals surface area contributed by atoms with Crippen LogP contribution >= 0.6 is 11.3 Å². The Hall–Kier alpha value is -2.47. The van der Waals surface area contributed by atoms with Crippen LogP contribution in [0.25, 0.3) is 11.0 Å². The molecule has 2 aromatic heterocycles. The van der Waals surface area contributed by atoms with Gasteiger partial charge in [-0.25, -0.2) is 9.97 Å². The molecular weight excluding hydrogens is 322 g/mol. The summed E-state index contributed by atoms with van der Waals surface area (Å²) >= 11 is 1.45. The Kier molecular flexibility index (Phi) is 4.76. The van der Waals surface area contributed by atoms with Crippen LogP contribution in [0.1, 0.15) is 31.3 Å². The van der Waals surface area contributed by atoms with E-state index in [1.807, 2.05) is 48.7 Å². The van der Waals surface area contributed by atoms with Gasteiger partial charge in [-0.15, -0.1) is 11.3 Å². The summed E-state index contributed by atoms with van der Waals surface area (Å²) in [5, 5.41) is 5.51. The fourth-order valence-corrected chi connectivity index (χ4v) is 2.66. The van der Waals surface area contributed by atoms with Crippen LogP contribution < -0.4 is 10.1 Å². The van der Waals surface area contributed by atoms with Crippen LogP contribution in [0.15, 0.2) is 41.8 Å². The van der Waals surface area contributed by atoms with Gasteiger partial charge in [0.15, 0.2) is 5.69 Å². The number of ether oxygens (including phenoxy) is 1. The number of carbonyl (C=O) groups excluding carboxylic acids is 1. The molecule has 0 fully saturated rings. The zero-order chi connectivity index (χ0) is 17.1. The summed E-state index contributed by atoms with van der Waals surface area (Å²) in [6.07, 6.45) is -0.0752. The Morgan fingerprint density at radius 3 is 2.42 bits per heavy atom. The Morgan fingerprint density at radius 1 is 1.08 bits per heavy atom. The lowest BCUT2D eigenvalue weighted by Gasteiger charge is -2.19. The van der Waals surface area contributed by atoms with Crippen LogP contribution in [-0.2, 0) is 0 Å². The van der Waals surface area contributed by atoms with E-state index in [0.29, 0.717) is 17.0 Å². The third-order valence-corrected chi connectivity index (χ3v) is 4.53. The predicted octanol–water partition coefficient (Wildman–Crippen LogP) is 4.37. The van der Waals surface area contributed by atoms with Gasteiger partial charge in [0.1, 0.15) is 6.10 Å². The maximum Gasteiger partial charge on any atom is 0.280 e. The maximum atomic E-state index is 12.6. The van der Waals surface area contributed by atoms with Crippen molar-refractivity contribution in [3.05, 3.63) is 47.5 Å². The van der Waals surface area contributed by atoms with Gasteiger partial charge < -0.3 is 10.1 Å². The molecule has 6 heteroatoms. The number of hydrogen-bond donors (Lipinski definition) is 1. The Morgan fingerprint density at radius 2 is 1.79 bits per heavy atom. The average molecular weight is 341 g/mol. The summed E-state index contributed by atoms with van der Waals surface area (Å²) < 4.78 is 5.92. The number of aromatic nitrogens is 2. The normalized spacial score (nSPS) is 12.3. The third kappa shape index (κ3) is 3.54. The molecule has 0 aliphatic heterocycles. The molecular formula is C18H19N3O2S. The molecule has 24 heavy (non-hydrogen) atoms. The molecule has 0 bridgehead atoms. The Balaban J connectivity index is 2.00. The quantitative estimate of drug-likeness (QED) is 0.748. The molecule has 124 valence electrons.